The molecular weight excluding hydrogens is 216 g/mol. The standard InChI is InChI=1S/C13H20N2O2/c16-12-10-2-1-3-11(6-10)13(17)15(12)5-4-9-7-14-8-9/h9-11,14H,1-8H2. The van der Waals surface area contributed by atoms with Gasteiger partial charge in [0, 0.05) is 18.4 Å². The average Bonchev–Trinajstić information content (AvgIpc) is 2.29. The number of hydrogen-bond donors (Lipinski definition) is 1. The third kappa shape index (κ3) is 1.99. The largest absolute Gasteiger partial charge is 0.316 e. The van der Waals surface area contributed by atoms with E-state index >= 15 is 0 Å². The first-order valence-electron chi connectivity index (χ1n) is 6.81. The molecule has 2 aliphatic heterocycles. The lowest BCUT2D eigenvalue weighted by molar-refractivity contribution is -0.158. The fourth-order valence-electron chi connectivity index (χ4n) is 3.27. The Balaban J connectivity index is 1.64. The highest BCUT2D eigenvalue weighted by Gasteiger charge is 2.42. The molecule has 4 nitrogen and oxygen atoms in total. The summed E-state index contributed by atoms with van der Waals surface area (Å²) in [7, 11) is 0. The van der Waals surface area contributed by atoms with E-state index in [-0.39, 0.29) is 23.7 Å². The van der Waals surface area contributed by atoms with Crippen molar-refractivity contribution in [2.75, 3.05) is 19.6 Å². The van der Waals surface area contributed by atoms with E-state index in [0.29, 0.717) is 12.5 Å². The molecule has 1 saturated carbocycles. The van der Waals surface area contributed by atoms with Crippen LogP contribution in [0.1, 0.15) is 32.1 Å². The van der Waals surface area contributed by atoms with Gasteiger partial charge in [0.05, 0.1) is 0 Å². The second-order valence-electron chi connectivity index (χ2n) is 5.70. The molecule has 0 aromatic rings. The molecule has 17 heavy (non-hydrogen) atoms. The predicted octanol–water partition coefficient (Wildman–Crippen LogP) is 0.771. The number of nitrogens with one attached hydrogen (secondary N) is 1. The Bertz CT molecular complexity index is 316. The third-order valence-corrected chi connectivity index (χ3v) is 4.53. The fraction of sp³-hybridized carbons (Fsp3) is 0.846. The third-order valence-electron chi connectivity index (χ3n) is 4.53. The Kier molecular flexibility index (Phi) is 2.90. The quantitative estimate of drug-likeness (QED) is 0.736. The van der Waals surface area contributed by atoms with Crippen LogP contribution in [0.4, 0.5) is 0 Å². The van der Waals surface area contributed by atoms with E-state index in [1.165, 1.54) is 0 Å². The molecule has 0 radical (unpaired) electrons. The molecule has 1 N–H and O–H groups in total. The van der Waals surface area contributed by atoms with Gasteiger partial charge < -0.3 is 5.32 Å². The maximum Gasteiger partial charge on any atom is 0.232 e. The number of nitrogens with zero attached hydrogens (tertiary/aromatic N) is 1. The Morgan fingerprint density at radius 2 is 1.76 bits per heavy atom. The van der Waals surface area contributed by atoms with E-state index < -0.39 is 0 Å². The van der Waals surface area contributed by atoms with Gasteiger partial charge in [0.2, 0.25) is 11.8 Å². The average molecular weight is 236 g/mol. The molecule has 2 unspecified atom stereocenters. The Morgan fingerprint density at radius 1 is 1.12 bits per heavy atom. The van der Waals surface area contributed by atoms with Gasteiger partial charge in [-0.3, -0.25) is 14.5 Å². The normalized spacial score (nSPS) is 33.8. The first-order valence-corrected chi connectivity index (χ1v) is 6.81. The molecule has 2 heterocycles. The lowest BCUT2D eigenvalue weighted by atomic mass is 9.76. The molecule has 4 heteroatoms. The number of hydrogen-bond acceptors (Lipinski definition) is 3. The maximum atomic E-state index is 12.2. The topological polar surface area (TPSA) is 49.4 Å². The summed E-state index contributed by atoms with van der Waals surface area (Å²) in [5, 5.41) is 3.22. The van der Waals surface area contributed by atoms with Gasteiger partial charge in [-0.2, -0.15) is 0 Å². The lowest BCUT2D eigenvalue weighted by Crippen LogP contribution is -2.52. The molecule has 2 amide bonds. The summed E-state index contributed by atoms with van der Waals surface area (Å²) < 4.78 is 0. The number of amides is 2. The molecule has 2 bridgehead atoms. The monoisotopic (exact) mass is 236 g/mol. The predicted molar refractivity (Wildman–Crippen MR) is 63.1 cm³/mol. The molecule has 2 atom stereocenters. The van der Waals surface area contributed by atoms with E-state index in [0.717, 1.165) is 45.2 Å². The Labute approximate surface area is 102 Å². The van der Waals surface area contributed by atoms with Crippen LogP contribution in [0.25, 0.3) is 0 Å². The van der Waals surface area contributed by atoms with Crippen LogP contribution in [0.15, 0.2) is 0 Å². The van der Waals surface area contributed by atoms with Crippen molar-refractivity contribution >= 4 is 11.8 Å². The van der Waals surface area contributed by atoms with Crippen LogP contribution in [-0.4, -0.2) is 36.3 Å². The second kappa shape index (κ2) is 4.41. The van der Waals surface area contributed by atoms with Gasteiger partial charge in [-0.15, -0.1) is 0 Å². The number of imide groups is 1. The van der Waals surface area contributed by atoms with Crippen molar-refractivity contribution in [3.8, 4) is 0 Å². The highest BCUT2D eigenvalue weighted by atomic mass is 16.2. The lowest BCUT2D eigenvalue weighted by Gasteiger charge is -2.40. The number of carbonyl (C=O) groups is 2. The van der Waals surface area contributed by atoms with Gasteiger partial charge in [-0.05, 0) is 44.7 Å². The number of fused-ring (bicyclic) bond motifs is 2. The van der Waals surface area contributed by atoms with Crippen LogP contribution in [-0.2, 0) is 9.59 Å². The van der Waals surface area contributed by atoms with E-state index in [4.69, 9.17) is 0 Å². The van der Waals surface area contributed by atoms with Crippen molar-refractivity contribution in [2.45, 2.75) is 32.1 Å². The maximum absolute atomic E-state index is 12.2. The molecule has 0 spiro atoms. The first kappa shape index (κ1) is 11.2. The fourth-order valence-corrected chi connectivity index (χ4v) is 3.27. The SMILES string of the molecule is O=C1C2CCCC(C2)C(=O)N1CCC1CNC1. The molecule has 0 aromatic carbocycles. The summed E-state index contributed by atoms with van der Waals surface area (Å²) in [5.74, 6) is 1.17. The zero-order chi connectivity index (χ0) is 11.8. The van der Waals surface area contributed by atoms with Crippen LogP contribution in [0.2, 0.25) is 0 Å². The molecule has 1 aliphatic carbocycles. The number of piperidine rings is 1. The summed E-state index contributed by atoms with van der Waals surface area (Å²) in [6, 6.07) is 0. The number of rotatable bonds is 3. The summed E-state index contributed by atoms with van der Waals surface area (Å²) in [5.41, 5.74) is 0. The first-order chi connectivity index (χ1) is 8.25. The second-order valence-corrected chi connectivity index (χ2v) is 5.70. The van der Waals surface area contributed by atoms with Crippen molar-refractivity contribution < 1.29 is 9.59 Å². The van der Waals surface area contributed by atoms with Crippen LogP contribution >= 0.6 is 0 Å². The summed E-state index contributed by atoms with van der Waals surface area (Å²) >= 11 is 0. The van der Waals surface area contributed by atoms with Gasteiger partial charge in [-0.25, -0.2) is 0 Å². The molecule has 2 saturated heterocycles. The van der Waals surface area contributed by atoms with Crippen molar-refractivity contribution in [3.05, 3.63) is 0 Å². The highest BCUT2D eigenvalue weighted by Crippen LogP contribution is 2.36. The Morgan fingerprint density at radius 3 is 2.29 bits per heavy atom. The molecule has 3 rings (SSSR count). The van der Waals surface area contributed by atoms with E-state index in [1.54, 1.807) is 4.90 Å². The number of carbonyl (C=O) groups excluding carboxylic acids is 2. The minimum absolute atomic E-state index is 0.109. The van der Waals surface area contributed by atoms with Gasteiger partial charge in [0.15, 0.2) is 0 Å². The highest BCUT2D eigenvalue weighted by molar-refractivity contribution is 6.00. The van der Waals surface area contributed by atoms with Gasteiger partial charge in [0.25, 0.3) is 0 Å². The molecule has 3 aliphatic rings. The zero-order valence-corrected chi connectivity index (χ0v) is 10.2. The van der Waals surface area contributed by atoms with E-state index in [9.17, 15) is 9.59 Å². The van der Waals surface area contributed by atoms with Gasteiger partial charge in [-0.1, -0.05) is 6.42 Å². The smallest absolute Gasteiger partial charge is 0.232 e. The Hall–Kier alpha value is -0.900. The zero-order valence-electron chi connectivity index (χ0n) is 10.2. The van der Waals surface area contributed by atoms with Crippen molar-refractivity contribution in [1.82, 2.24) is 10.2 Å². The van der Waals surface area contributed by atoms with Crippen LogP contribution in [0.3, 0.4) is 0 Å². The van der Waals surface area contributed by atoms with Crippen molar-refractivity contribution in [2.24, 2.45) is 17.8 Å². The number of likely N-dealkylation sites (tertiary alicyclic amines) is 1. The minimum Gasteiger partial charge on any atom is -0.316 e. The van der Waals surface area contributed by atoms with E-state index in [1.807, 2.05) is 0 Å². The van der Waals surface area contributed by atoms with Crippen molar-refractivity contribution in [1.29, 1.82) is 0 Å². The summed E-state index contributed by atoms with van der Waals surface area (Å²) in [6.45, 7) is 2.74. The van der Waals surface area contributed by atoms with Crippen LogP contribution < -0.4 is 5.32 Å². The molecule has 0 aromatic heterocycles. The molecule has 94 valence electrons. The van der Waals surface area contributed by atoms with Crippen molar-refractivity contribution in [3.63, 3.8) is 0 Å². The van der Waals surface area contributed by atoms with Gasteiger partial charge in [0.1, 0.15) is 0 Å². The van der Waals surface area contributed by atoms with Crippen LogP contribution in [0.5, 0.6) is 0 Å². The molecule has 3 fully saturated rings. The molecular formula is C13H20N2O2. The van der Waals surface area contributed by atoms with Gasteiger partial charge >= 0.3 is 0 Å². The minimum atomic E-state index is 0.109. The summed E-state index contributed by atoms with van der Waals surface area (Å²) in [6.07, 6.45) is 4.82. The van der Waals surface area contributed by atoms with E-state index in [2.05, 4.69) is 5.32 Å². The summed E-state index contributed by atoms with van der Waals surface area (Å²) in [4.78, 5) is 25.9. The van der Waals surface area contributed by atoms with Crippen LogP contribution in [0, 0.1) is 17.8 Å².